The van der Waals surface area contributed by atoms with Crippen LogP contribution in [0.4, 0.5) is 4.79 Å². The molecule has 0 aromatic heterocycles. The molecule has 1 amide bonds. The zero-order chi connectivity index (χ0) is 15.5. The summed E-state index contributed by atoms with van der Waals surface area (Å²) in [4.78, 5) is 25.9. The standard InChI is InChI=1S/C16H19NO4/c1-4-9-21-15(19)17-11-13-8-6-5-7-12(13)10-16(17,2)14(18)20-3/h4-8H,1,9-11H2,2-3H3/t16-/m0/s1. The molecule has 1 aliphatic heterocycles. The first-order valence-corrected chi connectivity index (χ1v) is 6.73. The summed E-state index contributed by atoms with van der Waals surface area (Å²) in [7, 11) is 1.32. The number of nitrogens with zero attached hydrogens (tertiary/aromatic N) is 1. The normalized spacial score (nSPS) is 20.4. The highest BCUT2D eigenvalue weighted by atomic mass is 16.6. The summed E-state index contributed by atoms with van der Waals surface area (Å²) in [6.45, 7) is 5.63. The van der Waals surface area contributed by atoms with E-state index in [1.807, 2.05) is 24.3 Å². The predicted molar refractivity (Wildman–Crippen MR) is 77.7 cm³/mol. The van der Waals surface area contributed by atoms with E-state index in [1.165, 1.54) is 18.1 Å². The van der Waals surface area contributed by atoms with E-state index in [4.69, 9.17) is 9.47 Å². The minimum atomic E-state index is -1.07. The van der Waals surface area contributed by atoms with Crippen molar-refractivity contribution in [2.45, 2.75) is 25.4 Å². The van der Waals surface area contributed by atoms with Crippen molar-refractivity contribution in [1.29, 1.82) is 0 Å². The largest absolute Gasteiger partial charge is 0.467 e. The number of hydrogen-bond acceptors (Lipinski definition) is 4. The zero-order valence-corrected chi connectivity index (χ0v) is 12.3. The third-order valence-electron chi connectivity index (χ3n) is 3.75. The molecule has 5 nitrogen and oxygen atoms in total. The molecule has 0 radical (unpaired) electrons. The highest BCUT2D eigenvalue weighted by Gasteiger charge is 2.47. The summed E-state index contributed by atoms with van der Waals surface area (Å²) in [5, 5.41) is 0. The second-order valence-electron chi connectivity index (χ2n) is 5.16. The summed E-state index contributed by atoms with van der Waals surface area (Å²) >= 11 is 0. The summed E-state index contributed by atoms with van der Waals surface area (Å²) < 4.78 is 9.98. The molecule has 1 atom stereocenters. The fourth-order valence-corrected chi connectivity index (χ4v) is 2.57. The molecule has 0 N–H and O–H groups in total. The van der Waals surface area contributed by atoms with Gasteiger partial charge in [-0.15, -0.1) is 0 Å². The van der Waals surface area contributed by atoms with Crippen molar-refractivity contribution in [2.24, 2.45) is 0 Å². The van der Waals surface area contributed by atoms with Gasteiger partial charge in [0.05, 0.1) is 13.7 Å². The molecule has 0 bridgehead atoms. The monoisotopic (exact) mass is 289 g/mol. The van der Waals surface area contributed by atoms with Crippen LogP contribution in [0.1, 0.15) is 18.1 Å². The van der Waals surface area contributed by atoms with E-state index in [2.05, 4.69) is 6.58 Å². The van der Waals surface area contributed by atoms with Crippen LogP contribution in [0.25, 0.3) is 0 Å². The Kier molecular flexibility index (Phi) is 4.31. The van der Waals surface area contributed by atoms with Gasteiger partial charge in [0, 0.05) is 6.42 Å². The number of ether oxygens (including phenoxy) is 2. The molecule has 0 saturated heterocycles. The van der Waals surface area contributed by atoms with E-state index in [-0.39, 0.29) is 6.61 Å². The molecule has 1 aliphatic rings. The summed E-state index contributed by atoms with van der Waals surface area (Å²) in [6, 6.07) is 7.73. The number of rotatable bonds is 3. The van der Waals surface area contributed by atoms with E-state index in [1.54, 1.807) is 6.92 Å². The number of amides is 1. The first-order valence-electron chi connectivity index (χ1n) is 6.73. The van der Waals surface area contributed by atoms with E-state index < -0.39 is 17.6 Å². The Labute approximate surface area is 124 Å². The molecule has 21 heavy (non-hydrogen) atoms. The molecule has 1 heterocycles. The highest BCUT2D eigenvalue weighted by molar-refractivity contribution is 5.86. The van der Waals surface area contributed by atoms with Crippen LogP contribution >= 0.6 is 0 Å². The van der Waals surface area contributed by atoms with Gasteiger partial charge in [0.15, 0.2) is 0 Å². The van der Waals surface area contributed by atoms with Gasteiger partial charge >= 0.3 is 12.1 Å². The van der Waals surface area contributed by atoms with Crippen LogP contribution in [0.2, 0.25) is 0 Å². The number of fused-ring (bicyclic) bond motifs is 1. The quantitative estimate of drug-likeness (QED) is 0.633. The van der Waals surface area contributed by atoms with Gasteiger partial charge in [0.25, 0.3) is 0 Å². The topological polar surface area (TPSA) is 55.8 Å². The molecule has 5 heteroatoms. The summed E-state index contributed by atoms with van der Waals surface area (Å²) in [6.07, 6.45) is 1.35. The van der Waals surface area contributed by atoms with E-state index in [0.29, 0.717) is 13.0 Å². The van der Waals surface area contributed by atoms with Crippen molar-refractivity contribution in [1.82, 2.24) is 4.90 Å². The Morgan fingerprint density at radius 1 is 1.38 bits per heavy atom. The molecular formula is C16H19NO4. The molecule has 0 spiro atoms. The summed E-state index contributed by atoms with van der Waals surface area (Å²) in [5.74, 6) is -0.451. The Bertz CT molecular complexity index is 569. The van der Waals surface area contributed by atoms with Gasteiger partial charge in [-0.1, -0.05) is 36.9 Å². The molecule has 0 aliphatic carbocycles. The van der Waals surface area contributed by atoms with Gasteiger partial charge < -0.3 is 9.47 Å². The van der Waals surface area contributed by atoms with Crippen LogP contribution in [-0.4, -0.2) is 36.2 Å². The number of carbonyl (C=O) groups is 2. The van der Waals surface area contributed by atoms with Gasteiger partial charge in [-0.3, -0.25) is 4.90 Å². The zero-order valence-electron chi connectivity index (χ0n) is 12.3. The van der Waals surface area contributed by atoms with Crippen molar-refractivity contribution in [3.63, 3.8) is 0 Å². The van der Waals surface area contributed by atoms with E-state index in [9.17, 15) is 9.59 Å². The third kappa shape index (κ3) is 2.77. The van der Waals surface area contributed by atoms with Gasteiger partial charge in [0.1, 0.15) is 12.1 Å². The van der Waals surface area contributed by atoms with Crippen LogP contribution in [0.15, 0.2) is 36.9 Å². The number of carbonyl (C=O) groups excluding carboxylic acids is 2. The van der Waals surface area contributed by atoms with E-state index in [0.717, 1.165) is 11.1 Å². The van der Waals surface area contributed by atoms with Crippen LogP contribution in [0.5, 0.6) is 0 Å². The number of hydrogen-bond donors (Lipinski definition) is 0. The lowest BCUT2D eigenvalue weighted by molar-refractivity contribution is -0.154. The highest BCUT2D eigenvalue weighted by Crippen LogP contribution is 2.32. The Morgan fingerprint density at radius 2 is 2.05 bits per heavy atom. The lowest BCUT2D eigenvalue weighted by Gasteiger charge is -2.42. The lowest BCUT2D eigenvalue weighted by atomic mass is 9.84. The first-order chi connectivity index (χ1) is 10.0. The van der Waals surface area contributed by atoms with Gasteiger partial charge in [-0.05, 0) is 18.1 Å². The third-order valence-corrected chi connectivity index (χ3v) is 3.75. The smallest absolute Gasteiger partial charge is 0.411 e. The van der Waals surface area contributed by atoms with Crippen molar-refractivity contribution >= 4 is 12.1 Å². The molecule has 112 valence electrons. The first kappa shape index (κ1) is 15.1. The van der Waals surface area contributed by atoms with Gasteiger partial charge in [0.2, 0.25) is 0 Å². The predicted octanol–water partition coefficient (Wildman–Crippen LogP) is 2.30. The Balaban J connectivity index is 2.37. The molecule has 1 aromatic rings. The second-order valence-corrected chi connectivity index (χ2v) is 5.16. The number of benzene rings is 1. The Morgan fingerprint density at radius 3 is 2.67 bits per heavy atom. The average Bonchev–Trinajstić information content (AvgIpc) is 2.50. The maximum Gasteiger partial charge on any atom is 0.411 e. The second kappa shape index (κ2) is 5.99. The van der Waals surface area contributed by atoms with Crippen LogP contribution < -0.4 is 0 Å². The average molecular weight is 289 g/mol. The van der Waals surface area contributed by atoms with Gasteiger partial charge in [-0.25, -0.2) is 9.59 Å². The number of methoxy groups -OCH3 is 1. The van der Waals surface area contributed by atoms with Crippen molar-refractivity contribution < 1.29 is 19.1 Å². The molecular weight excluding hydrogens is 270 g/mol. The minimum absolute atomic E-state index is 0.105. The van der Waals surface area contributed by atoms with Crippen molar-refractivity contribution in [2.75, 3.05) is 13.7 Å². The Hall–Kier alpha value is -2.30. The minimum Gasteiger partial charge on any atom is -0.467 e. The van der Waals surface area contributed by atoms with Crippen LogP contribution in [0, 0.1) is 0 Å². The number of esters is 1. The van der Waals surface area contributed by atoms with Crippen molar-refractivity contribution in [3.8, 4) is 0 Å². The van der Waals surface area contributed by atoms with Crippen LogP contribution in [-0.2, 0) is 27.2 Å². The van der Waals surface area contributed by atoms with E-state index >= 15 is 0 Å². The molecule has 0 saturated carbocycles. The maximum absolute atomic E-state index is 12.3. The maximum atomic E-state index is 12.3. The summed E-state index contributed by atoms with van der Waals surface area (Å²) in [5.41, 5.74) is 0.981. The molecule has 1 aromatic carbocycles. The molecule has 2 rings (SSSR count). The van der Waals surface area contributed by atoms with Crippen molar-refractivity contribution in [3.05, 3.63) is 48.0 Å². The molecule has 0 unspecified atom stereocenters. The fourth-order valence-electron chi connectivity index (χ4n) is 2.57. The van der Waals surface area contributed by atoms with Gasteiger partial charge in [-0.2, -0.15) is 0 Å². The lowest BCUT2D eigenvalue weighted by Crippen LogP contribution is -2.58. The fraction of sp³-hybridized carbons (Fsp3) is 0.375. The molecule has 0 fully saturated rings. The SMILES string of the molecule is C=CCOC(=O)N1Cc2ccccc2C[C@@]1(C)C(=O)OC. The van der Waals surface area contributed by atoms with Crippen LogP contribution in [0.3, 0.4) is 0 Å².